The number of hydrogen-bond acceptors (Lipinski definition) is 4. The fraction of sp³-hybridized carbons (Fsp3) is 0.333. The molecule has 1 atom stereocenters. The zero-order valence-corrected chi connectivity index (χ0v) is 15.7. The number of alkyl halides is 6. The Bertz CT molecular complexity index is 945. The molecule has 0 fully saturated rings. The van der Waals surface area contributed by atoms with Gasteiger partial charge in [0.05, 0.1) is 23.4 Å². The number of ether oxygens (including phenoxy) is 1. The molecule has 1 aliphatic rings. The van der Waals surface area contributed by atoms with Gasteiger partial charge in [-0.1, -0.05) is 0 Å². The minimum atomic E-state index is -4.64. The van der Waals surface area contributed by atoms with Crippen LogP contribution in [-0.2, 0) is 19.3 Å². The Balaban J connectivity index is 1.86. The molecule has 1 aromatic heterocycles. The number of halogens is 6. The van der Waals surface area contributed by atoms with Crippen LogP contribution in [0.4, 0.5) is 26.3 Å². The number of rotatable bonds is 3. The lowest BCUT2D eigenvalue weighted by Gasteiger charge is -2.22. The van der Waals surface area contributed by atoms with Crippen molar-refractivity contribution < 1.29 is 35.9 Å². The van der Waals surface area contributed by atoms with Crippen molar-refractivity contribution in [2.75, 3.05) is 0 Å². The smallest absolute Gasteiger partial charge is 0.425 e. The van der Waals surface area contributed by atoms with Gasteiger partial charge in [0.1, 0.15) is 5.75 Å². The van der Waals surface area contributed by atoms with Crippen LogP contribution in [0.5, 0.6) is 5.75 Å². The molecule has 1 aromatic carbocycles. The van der Waals surface area contributed by atoms with E-state index in [9.17, 15) is 31.1 Å². The lowest BCUT2D eigenvalue weighted by Crippen LogP contribution is -2.32. The number of carbonyl (C=O) groups excluding carboxylic acids is 1. The molecule has 2 heterocycles. The second kappa shape index (κ2) is 7.43. The molecule has 0 saturated carbocycles. The zero-order chi connectivity index (χ0) is 21.6. The summed E-state index contributed by atoms with van der Waals surface area (Å²) in [5.74, 6) is -0.991. The zero-order valence-electron chi connectivity index (χ0n) is 14.8. The van der Waals surface area contributed by atoms with Gasteiger partial charge >= 0.3 is 12.4 Å². The third-order valence-corrected chi connectivity index (χ3v) is 4.61. The SMILES string of the molecule is C[C@H](Oc1ccc(S)cc1C(=O)N1Cc2cc(C(F)(F)F)cnc2C1)C(F)(F)F. The van der Waals surface area contributed by atoms with E-state index in [1.807, 2.05) is 0 Å². The van der Waals surface area contributed by atoms with Gasteiger partial charge in [0.15, 0.2) is 6.10 Å². The predicted molar refractivity (Wildman–Crippen MR) is 92.7 cm³/mol. The molecular formula is C18H14F6N2O2S. The summed E-state index contributed by atoms with van der Waals surface area (Å²) in [6.07, 6.45) is -10.7. The van der Waals surface area contributed by atoms with Crippen molar-refractivity contribution in [2.45, 2.75) is 43.4 Å². The standard InChI is InChI=1S/C18H14F6N2O2S/c1-9(17(19,20)21)28-15-3-2-12(29)5-13(15)16(27)26-7-10-4-11(18(22,23)24)6-25-14(10)8-26/h2-6,9,29H,7-8H2,1H3/t9-/m0/s1. The summed E-state index contributed by atoms with van der Waals surface area (Å²) in [7, 11) is 0. The minimum Gasteiger partial charge on any atom is -0.480 e. The van der Waals surface area contributed by atoms with Crippen molar-refractivity contribution in [2.24, 2.45) is 0 Å². The van der Waals surface area contributed by atoms with Gasteiger partial charge < -0.3 is 9.64 Å². The molecule has 0 saturated heterocycles. The summed E-state index contributed by atoms with van der Waals surface area (Å²) in [5, 5.41) is 0. The largest absolute Gasteiger partial charge is 0.480 e. The summed E-state index contributed by atoms with van der Waals surface area (Å²) in [6, 6.07) is 4.73. The van der Waals surface area contributed by atoms with Gasteiger partial charge in [0.2, 0.25) is 0 Å². The summed E-state index contributed by atoms with van der Waals surface area (Å²) in [4.78, 5) is 18.1. The molecule has 0 radical (unpaired) electrons. The summed E-state index contributed by atoms with van der Waals surface area (Å²) in [6.45, 7) is 0.574. The number of aromatic nitrogens is 1. The molecule has 3 rings (SSSR count). The first-order valence-electron chi connectivity index (χ1n) is 8.27. The average molecular weight is 436 g/mol. The number of pyridine rings is 1. The molecule has 4 nitrogen and oxygen atoms in total. The number of hydrogen-bond donors (Lipinski definition) is 1. The molecule has 0 N–H and O–H groups in total. The van der Waals surface area contributed by atoms with E-state index in [1.165, 1.54) is 23.1 Å². The Hall–Kier alpha value is -2.43. The summed E-state index contributed by atoms with van der Waals surface area (Å²) in [5.41, 5.74) is -0.593. The monoisotopic (exact) mass is 436 g/mol. The molecular weight excluding hydrogens is 422 g/mol. The van der Waals surface area contributed by atoms with E-state index in [0.29, 0.717) is 16.8 Å². The maximum Gasteiger partial charge on any atom is 0.425 e. The maximum atomic E-state index is 12.9. The maximum absolute atomic E-state index is 12.9. The van der Waals surface area contributed by atoms with Gasteiger partial charge in [-0.05, 0) is 36.8 Å². The van der Waals surface area contributed by atoms with E-state index in [4.69, 9.17) is 4.74 Å². The number of carbonyl (C=O) groups is 1. The molecule has 29 heavy (non-hydrogen) atoms. The molecule has 1 aliphatic heterocycles. The van der Waals surface area contributed by atoms with Crippen LogP contribution < -0.4 is 4.74 Å². The van der Waals surface area contributed by atoms with Crippen LogP contribution in [0.25, 0.3) is 0 Å². The summed E-state index contributed by atoms with van der Waals surface area (Å²) < 4.78 is 82.0. The van der Waals surface area contributed by atoms with Crippen molar-refractivity contribution in [3.05, 3.63) is 52.8 Å². The normalized spacial score (nSPS) is 15.2. The predicted octanol–water partition coefficient (Wildman–Crippen LogP) is 4.87. The van der Waals surface area contributed by atoms with Crippen LogP contribution in [0.1, 0.15) is 34.1 Å². The van der Waals surface area contributed by atoms with Crippen LogP contribution in [0.2, 0.25) is 0 Å². The fourth-order valence-corrected chi connectivity index (χ4v) is 2.98. The minimum absolute atomic E-state index is 0.0721. The molecule has 1 amide bonds. The van der Waals surface area contributed by atoms with Crippen molar-refractivity contribution in [3.8, 4) is 5.75 Å². The Morgan fingerprint density at radius 3 is 2.48 bits per heavy atom. The summed E-state index contributed by atoms with van der Waals surface area (Å²) >= 11 is 4.09. The van der Waals surface area contributed by atoms with E-state index in [-0.39, 0.29) is 30.0 Å². The second-order valence-corrected chi connectivity index (χ2v) is 6.99. The van der Waals surface area contributed by atoms with E-state index >= 15 is 0 Å². The van der Waals surface area contributed by atoms with Crippen LogP contribution in [0.3, 0.4) is 0 Å². The first-order chi connectivity index (χ1) is 13.4. The average Bonchev–Trinajstić information content (AvgIpc) is 3.04. The molecule has 156 valence electrons. The fourth-order valence-electron chi connectivity index (χ4n) is 2.77. The number of nitrogens with zero attached hydrogens (tertiary/aromatic N) is 2. The van der Waals surface area contributed by atoms with E-state index in [1.54, 1.807) is 0 Å². The lowest BCUT2D eigenvalue weighted by atomic mass is 10.1. The third kappa shape index (κ3) is 4.60. The van der Waals surface area contributed by atoms with E-state index in [0.717, 1.165) is 13.0 Å². The van der Waals surface area contributed by atoms with Gasteiger partial charge in [0, 0.05) is 17.6 Å². The Morgan fingerprint density at radius 1 is 1.17 bits per heavy atom. The Morgan fingerprint density at radius 2 is 1.86 bits per heavy atom. The molecule has 0 spiro atoms. The molecule has 11 heteroatoms. The van der Waals surface area contributed by atoms with Crippen LogP contribution in [-0.4, -0.2) is 28.1 Å². The highest BCUT2D eigenvalue weighted by atomic mass is 32.1. The van der Waals surface area contributed by atoms with Crippen molar-refractivity contribution in [1.29, 1.82) is 0 Å². The first kappa shape index (κ1) is 21.3. The van der Waals surface area contributed by atoms with Gasteiger partial charge in [-0.3, -0.25) is 9.78 Å². The van der Waals surface area contributed by atoms with Crippen LogP contribution >= 0.6 is 12.6 Å². The van der Waals surface area contributed by atoms with Gasteiger partial charge in [-0.25, -0.2) is 0 Å². The van der Waals surface area contributed by atoms with Gasteiger partial charge in [-0.2, -0.15) is 26.3 Å². The Labute approximate surface area is 166 Å². The topological polar surface area (TPSA) is 42.4 Å². The Kier molecular flexibility index (Phi) is 5.46. The number of benzene rings is 1. The van der Waals surface area contributed by atoms with Crippen molar-refractivity contribution in [1.82, 2.24) is 9.88 Å². The number of amides is 1. The molecule has 0 bridgehead atoms. The number of fused-ring (bicyclic) bond motifs is 1. The highest BCUT2D eigenvalue weighted by Crippen LogP contribution is 2.34. The lowest BCUT2D eigenvalue weighted by molar-refractivity contribution is -0.189. The van der Waals surface area contributed by atoms with Gasteiger partial charge in [-0.15, -0.1) is 12.6 Å². The third-order valence-electron chi connectivity index (χ3n) is 4.33. The highest BCUT2D eigenvalue weighted by molar-refractivity contribution is 7.80. The molecule has 0 aliphatic carbocycles. The van der Waals surface area contributed by atoms with Gasteiger partial charge in [0.25, 0.3) is 5.91 Å². The molecule has 0 unspecified atom stereocenters. The van der Waals surface area contributed by atoms with E-state index < -0.39 is 29.9 Å². The van der Waals surface area contributed by atoms with Crippen molar-refractivity contribution in [3.63, 3.8) is 0 Å². The molecule has 2 aromatic rings. The van der Waals surface area contributed by atoms with Crippen LogP contribution in [0.15, 0.2) is 35.4 Å². The van der Waals surface area contributed by atoms with E-state index in [2.05, 4.69) is 17.6 Å². The quantitative estimate of drug-likeness (QED) is 0.551. The highest BCUT2D eigenvalue weighted by Gasteiger charge is 2.39. The van der Waals surface area contributed by atoms with Crippen LogP contribution in [0, 0.1) is 0 Å². The number of thiol groups is 1. The van der Waals surface area contributed by atoms with Crippen molar-refractivity contribution >= 4 is 18.5 Å². The first-order valence-corrected chi connectivity index (χ1v) is 8.71. The second-order valence-electron chi connectivity index (χ2n) is 6.47.